The highest BCUT2D eigenvalue weighted by molar-refractivity contribution is 5.78. The lowest BCUT2D eigenvalue weighted by Crippen LogP contribution is -2.28. The molecule has 0 radical (unpaired) electrons. The summed E-state index contributed by atoms with van der Waals surface area (Å²) in [4.78, 5) is 12.6. The monoisotopic (exact) mass is 273 g/mol. The van der Waals surface area contributed by atoms with E-state index in [0.29, 0.717) is 5.92 Å². The highest BCUT2D eigenvalue weighted by Gasteiger charge is 2.34. The van der Waals surface area contributed by atoms with Crippen molar-refractivity contribution in [2.75, 3.05) is 13.1 Å². The third-order valence-corrected chi connectivity index (χ3v) is 4.58. The third-order valence-electron chi connectivity index (χ3n) is 4.58. The molecule has 3 heteroatoms. The van der Waals surface area contributed by atoms with Gasteiger partial charge in [-0.1, -0.05) is 43.2 Å². The summed E-state index contributed by atoms with van der Waals surface area (Å²) in [5.41, 5.74) is 1.12. The molecule has 2 fully saturated rings. The van der Waals surface area contributed by atoms with Crippen LogP contribution in [0.25, 0.3) is 0 Å². The van der Waals surface area contributed by atoms with E-state index in [1.54, 1.807) is 0 Å². The molecule has 3 nitrogen and oxygen atoms in total. The summed E-state index contributed by atoms with van der Waals surface area (Å²) >= 11 is 0. The fraction of sp³-hybridized carbons (Fsp3) is 0.588. The summed E-state index contributed by atoms with van der Waals surface area (Å²) in [6, 6.07) is 10.2. The molecule has 1 saturated carbocycles. The Morgan fingerprint density at radius 2 is 1.90 bits per heavy atom. The summed E-state index contributed by atoms with van der Waals surface area (Å²) < 4.78 is 5.74. The molecule has 108 valence electrons. The lowest BCUT2D eigenvalue weighted by atomic mass is 9.85. The van der Waals surface area contributed by atoms with Crippen LogP contribution < -0.4 is 5.32 Å². The average Bonchev–Trinajstić information content (AvgIpc) is 3.14. The Hall–Kier alpha value is -1.35. The van der Waals surface area contributed by atoms with Crippen LogP contribution in [0.1, 0.15) is 43.6 Å². The van der Waals surface area contributed by atoms with E-state index in [1.165, 1.54) is 12.8 Å². The molecule has 1 N–H and O–H groups in total. The highest BCUT2D eigenvalue weighted by atomic mass is 16.5. The number of ether oxygens (including phenoxy) is 1. The van der Waals surface area contributed by atoms with Gasteiger partial charge in [-0.2, -0.15) is 0 Å². The molecule has 1 heterocycles. The van der Waals surface area contributed by atoms with Gasteiger partial charge >= 0.3 is 5.97 Å². The van der Waals surface area contributed by atoms with Gasteiger partial charge in [-0.25, -0.2) is 0 Å². The molecule has 2 unspecified atom stereocenters. The molecule has 1 saturated heterocycles. The van der Waals surface area contributed by atoms with Gasteiger partial charge in [0.15, 0.2) is 0 Å². The second-order valence-electron chi connectivity index (χ2n) is 5.98. The van der Waals surface area contributed by atoms with Crippen molar-refractivity contribution in [2.45, 2.75) is 44.1 Å². The predicted octanol–water partition coefficient (Wildman–Crippen LogP) is 2.87. The van der Waals surface area contributed by atoms with Crippen molar-refractivity contribution >= 4 is 5.97 Å². The lowest BCUT2D eigenvalue weighted by Gasteiger charge is -2.24. The van der Waals surface area contributed by atoms with Gasteiger partial charge in [0.2, 0.25) is 0 Å². The van der Waals surface area contributed by atoms with E-state index in [2.05, 4.69) is 17.4 Å². The Balaban J connectivity index is 1.75. The van der Waals surface area contributed by atoms with Crippen LogP contribution in [-0.4, -0.2) is 25.2 Å². The zero-order chi connectivity index (χ0) is 13.8. The Labute approximate surface area is 120 Å². The predicted molar refractivity (Wildman–Crippen MR) is 78.5 cm³/mol. The van der Waals surface area contributed by atoms with Crippen LogP contribution in [0, 0.1) is 5.92 Å². The Kier molecular flexibility index (Phi) is 4.36. The Morgan fingerprint density at radius 1 is 1.15 bits per heavy atom. The molecule has 1 aliphatic heterocycles. The molecule has 1 aromatic rings. The smallest absolute Gasteiger partial charge is 0.314 e. The fourth-order valence-electron chi connectivity index (χ4n) is 3.52. The van der Waals surface area contributed by atoms with Crippen molar-refractivity contribution in [3.05, 3.63) is 35.9 Å². The zero-order valence-electron chi connectivity index (χ0n) is 11.9. The van der Waals surface area contributed by atoms with E-state index in [4.69, 9.17) is 4.74 Å². The number of hydrogen-bond donors (Lipinski definition) is 1. The molecule has 20 heavy (non-hydrogen) atoms. The maximum absolute atomic E-state index is 12.6. The molecule has 0 spiro atoms. The first-order valence-corrected chi connectivity index (χ1v) is 7.81. The average molecular weight is 273 g/mol. The van der Waals surface area contributed by atoms with Crippen molar-refractivity contribution in [1.29, 1.82) is 0 Å². The molecular formula is C17H23NO2. The standard InChI is InChI=1S/C17H23NO2/c19-17(20-15-10-11-18-12-15)16(14-8-4-5-9-14)13-6-2-1-3-7-13/h1-3,6-7,14-16,18H,4-5,8-12H2. The number of carbonyl (C=O) groups excluding carboxylic acids is 1. The largest absolute Gasteiger partial charge is 0.460 e. The van der Waals surface area contributed by atoms with Gasteiger partial charge in [0.25, 0.3) is 0 Å². The van der Waals surface area contributed by atoms with E-state index < -0.39 is 0 Å². The van der Waals surface area contributed by atoms with Crippen LogP contribution in [0.2, 0.25) is 0 Å². The van der Waals surface area contributed by atoms with Gasteiger partial charge in [-0.05, 0) is 37.3 Å². The number of nitrogens with one attached hydrogen (secondary N) is 1. The number of rotatable bonds is 4. The SMILES string of the molecule is O=C(OC1CCNC1)C(c1ccccc1)C1CCCC1. The third kappa shape index (κ3) is 3.04. The van der Waals surface area contributed by atoms with E-state index in [0.717, 1.165) is 37.9 Å². The number of benzene rings is 1. The minimum atomic E-state index is -0.0701. The van der Waals surface area contributed by atoms with Gasteiger partial charge in [0, 0.05) is 6.54 Å². The number of hydrogen-bond acceptors (Lipinski definition) is 3. The van der Waals surface area contributed by atoms with Crippen LogP contribution in [0.3, 0.4) is 0 Å². The highest BCUT2D eigenvalue weighted by Crippen LogP contribution is 2.38. The first kappa shape index (κ1) is 13.6. The molecule has 2 atom stereocenters. The van der Waals surface area contributed by atoms with E-state index in [9.17, 15) is 4.79 Å². The molecule has 1 aliphatic carbocycles. The second-order valence-corrected chi connectivity index (χ2v) is 5.98. The Bertz CT molecular complexity index is 434. The molecule has 0 bridgehead atoms. The summed E-state index contributed by atoms with van der Waals surface area (Å²) in [7, 11) is 0. The van der Waals surface area contributed by atoms with Crippen LogP contribution in [0.5, 0.6) is 0 Å². The van der Waals surface area contributed by atoms with Crippen LogP contribution in [0.15, 0.2) is 30.3 Å². The summed E-state index contributed by atoms with van der Waals surface area (Å²) in [5, 5.41) is 3.25. The minimum Gasteiger partial charge on any atom is -0.460 e. The maximum atomic E-state index is 12.6. The lowest BCUT2D eigenvalue weighted by molar-refractivity contribution is -0.151. The molecule has 3 rings (SSSR count). The number of esters is 1. The van der Waals surface area contributed by atoms with Gasteiger partial charge in [-0.3, -0.25) is 4.79 Å². The van der Waals surface area contributed by atoms with Crippen molar-refractivity contribution in [2.24, 2.45) is 5.92 Å². The van der Waals surface area contributed by atoms with Crippen molar-refractivity contribution in [1.82, 2.24) is 5.32 Å². The van der Waals surface area contributed by atoms with E-state index >= 15 is 0 Å². The Morgan fingerprint density at radius 3 is 2.55 bits per heavy atom. The molecule has 2 aliphatic rings. The van der Waals surface area contributed by atoms with Gasteiger partial charge < -0.3 is 10.1 Å². The maximum Gasteiger partial charge on any atom is 0.314 e. The molecule has 0 amide bonds. The summed E-state index contributed by atoms with van der Waals surface area (Å²) in [6.45, 7) is 1.76. The molecule has 0 aromatic heterocycles. The number of carbonyl (C=O) groups is 1. The second kappa shape index (κ2) is 6.40. The molecule has 1 aromatic carbocycles. The van der Waals surface area contributed by atoms with Crippen molar-refractivity contribution < 1.29 is 9.53 Å². The first-order chi connectivity index (χ1) is 9.84. The van der Waals surface area contributed by atoms with Gasteiger partial charge in [0.1, 0.15) is 6.10 Å². The quantitative estimate of drug-likeness (QED) is 0.857. The van der Waals surface area contributed by atoms with E-state index in [1.807, 2.05) is 18.2 Å². The van der Waals surface area contributed by atoms with Crippen LogP contribution >= 0.6 is 0 Å². The summed E-state index contributed by atoms with van der Waals surface area (Å²) in [5.74, 6) is 0.371. The van der Waals surface area contributed by atoms with Crippen molar-refractivity contribution in [3.63, 3.8) is 0 Å². The zero-order valence-corrected chi connectivity index (χ0v) is 11.9. The minimum absolute atomic E-state index is 0.0169. The topological polar surface area (TPSA) is 38.3 Å². The normalized spacial score (nSPS) is 24.7. The van der Waals surface area contributed by atoms with Crippen LogP contribution in [0.4, 0.5) is 0 Å². The van der Waals surface area contributed by atoms with Crippen LogP contribution in [-0.2, 0) is 9.53 Å². The van der Waals surface area contributed by atoms with Gasteiger partial charge in [0.05, 0.1) is 5.92 Å². The van der Waals surface area contributed by atoms with Crippen molar-refractivity contribution in [3.8, 4) is 0 Å². The van der Waals surface area contributed by atoms with E-state index in [-0.39, 0.29) is 18.0 Å². The summed E-state index contributed by atoms with van der Waals surface area (Å²) in [6.07, 6.45) is 5.79. The molecular weight excluding hydrogens is 250 g/mol. The van der Waals surface area contributed by atoms with Gasteiger partial charge in [-0.15, -0.1) is 0 Å². The fourth-order valence-corrected chi connectivity index (χ4v) is 3.52. The first-order valence-electron chi connectivity index (χ1n) is 7.81.